The summed E-state index contributed by atoms with van der Waals surface area (Å²) in [5.41, 5.74) is -1.37. The first-order valence-corrected chi connectivity index (χ1v) is 8.17. The van der Waals surface area contributed by atoms with Gasteiger partial charge in [0.15, 0.2) is 0 Å². The quantitative estimate of drug-likeness (QED) is 0.592. The van der Waals surface area contributed by atoms with Crippen LogP contribution in [-0.4, -0.2) is 15.0 Å². The number of benzene rings is 2. The van der Waals surface area contributed by atoms with Gasteiger partial charge in [0.25, 0.3) is 10.0 Å². The molecular weight excluding hydrogens is 346 g/mol. The summed E-state index contributed by atoms with van der Waals surface area (Å²) in [6.45, 7) is 3.31. The first kappa shape index (κ1) is 18.0. The molecule has 0 amide bonds. The van der Waals surface area contributed by atoms with Crippen LogP contribution in [0.15, 0.2) is 66.1 Å². The number of para-hydroxylation sites is 1. The van der Waals surface area contributed by atoms with Gasteiger partial charge in [-0.05, 0) is 30.3 Å². The van der Waals surface area contributed by atoms with Crippen molar-refractivity contribution in [3.63, 3.8) is 0 Å². The highest BCUT2D eigenvalue weighted by molar-refractivity contribution is 7.92. The number of halogens is 4. The van der Waals surface area contributed by atoms with E-state index in [4.69, 9.17) is 0 Å². The molecule has 0 unspecified atom stereocenters. The van der Waals surface area contributed by atoms with E-state index in [1.807, 2.05) is 0 Å². The van der Waals surface area contributed by atoms with E-state index in [0.717, 1.165) is 10.4 Å². The number of anilines is 1. The molecule has 0 heterocycles. The van der Waals surface area contributed by atoms with Gasteiger partial charge in [-0.2, -0.15) is 13.2 Å². The molecule has 0 aliphatic heterocycles. The summed E-state index contributed by atoms with van der Waals surface area (Å²) in [7, 11) is -4.32. The maximum Gasteiger partial charge on any atom is 0.419 e. The summed E-state index contributed by atoms with van der Waals surface area (Å²) in [6, 6.07) is 9.43. The highest BCUT2D eigenvalue weighted by Crippen LogP contribution is 2.34. The fourth-order valence-corrected chi connectivity index (χ4v) is 3.53. The topological polar surface area (TPSA) is 37.4 Å². The third kappa shape index (κ3) is 3.59. The predicted octanol–water partition coefficient (Wildman–Crippen LogP) is 4.23. The third-order valence-electron chi connectivity index (χ3n) is 3.17. The van der Waals surface area contributed by atoms with Crippen LogP contribution < -0.4 is 4.31 Å². The second kappa shape index (κ2) is 6.64. The molecule has 0 aromatic heterocycles. The molecule has 2 aromatic carbocycles. The molecule has 0 aliphatic carbocycles. The molecule has 0 atom stereocenters. The highest BCUT2D eigenvalue weighted by atomic mass is 32.2. The molecule has 128 valence electrons. The Morgan fingerprint density at radius 1 is 1.08 bits per heavy atom. The fourth-order valence-electron chi connectivity index (χ4n) is 2.06. The molecule has 2 rings (SSSR count). The van der Waals surface area contributed by atoms with Crippen molar-refractivity contribution in [3.8, 4) is 0 Å². The Hall–Kier alpha value is -2.35. The van der Waals surface area contributed by atoms with Crippen molar-refractivity contribution in [1.29, 1.82) is 0 Å². The molecule has 2 aromatic rings. The Labute approximate surface area is 136 Å². The summed E-state index contributed by atoms with van der Waals surface area (Å²) in [4.78, 5) is -0.651. The van der Waals surface area contributed by atoms with E-state index in [1.165, 1.54) is 18.2 Å². The maximum atomic E-state index is 13.4. The average molecular weight is 359 g/mol. The van der Waals surface area contributed by atoms with Gasteiger partial charge in [0.1, 0.15) is 5.82 Å². The molecule has 24 heavy (non-hydrogen) atoms. The zero-order valence-corrected chi connectivity index (χ0v) is 13.1. The van der Waals surface area contributed by atoms with Crippen LogP contribution in [0.3, 0.4) is 0 Å². The van der Waals surface area contributed by atoms with Crippen molar-refractivity contribution in [2.75, 3.05) is 10.8 Å². The number of hydrogen-bond acceptors (Lipinski definition) is 2. The number of alkyl halides is 3. The van der Waals surface area contributed by atoms with E-state index < -0.39 is 32.5 Å². The molecular formula is C16H13F4NO2S. The lowest BCUT2D eigenvalue weighted by atomic mass is 10.2. The lowest BCUT2D eigenvalue weighted by molar-refractivity contribution is -0.140. The van der Waals surface area contributed by atoms with E-state index >= 15 is 0 Å². The van der Waals surface area contributed by atoms with Crippen molar-refractivity contribution in [3.05, 3.63) is 72.6 Å². The van der Waals surface area contributed by atoms with Crippen molar-refractivity contribution in [1.82, 2.24) is 0 Å². The third-order valence-corrected chi connectivity index (χ3v) is 4.96. The van der Waals surface area contributed by atoms with Gasteiger partial charge in [0, 0.05) is 0 Å². The molecule has 0 radical (unpaired) electrons. The molecule has 0 saturated heterocycles. The van der Waals surface area contributed by atoms with Crippen LogP contribution in [0.2, 0.25) is 0 Å². The Bertz CT molecular complexity index is 833. The predicted molar refractivity (Wildman–Crippen MR) is 82.6 cm³/mol. The van der Waals surface area contributed by atoms with Crippen LogP contribution in [0, 0.1) is 5.82 Å². The van der Waals surface area contributed by atoms with Crippen LogP contribution in [0.1, 0.15) is 5.56 Å². The lowest BCUT2D eigenvalue weighted by Crippen LogP contribution is -2.31. The largest absolute Gasteiger partial charge is 0.419 e. The molecule has 0 N–H and O–H groups in total. The smallest absolute Gasteiger partial charge is 0.263 e. The fraction of sp³-hybridized carbons (Fsp3) is 0.125. The van der Waals surface area contributed by atoms with E-state index in [1.54, 1.807) is 18.2 Å². The van der Waals surface area contributed by atoms with Crippen molar-refractivity contribution in [2.24, 2.45) is 0 Å². The summed E-state index contributed by atoms with van der Waals surface area (Å²) < 4.78 is 78.2. The number of hydrogen-bond donors (Lipinski definition) is 0. The summed E-state index contributed by atoms with van der Waals surface area (Å²) in [6.07, 6.45) is -3.69. The Morgan fingerprint density at radius 2 is 1.71 bits per heavy atom. The number of nitrogens with zero attached hydrogens (tertiary/aromatic N) is 1. The van der Waals surface area contributed by atoms with Gasteiger partial charge in [-0.15, -0.1) is 6.58 Å². The van der Waals surface area contributed by atoms with Gasteiger partial charge in [-0.25, -0.2) is 12.8 Å². The Kier molecular flexibility index (Phi) is 4.98. The van der Waals surface area contributed by atoms with Gasteiger partial charge in [0.2, 0.25) is 0 Å². The van der Waals surface area contributed by atoms with Gasteiger partial charge in [0.05, 0.1) is 22.7 Å². The van der Waals surface area contributed by atoms with Gasteiger partial charge < -0.3 is 0 Å². The molecule has 0 fully saturated rings. The monoisotopic (exact) mass is 359 g/mol. The second-order valence-corrected chi connectivity index (χ2v) is 6.66. The highest BCUT2D eigenvalue weighted by Gasteiger charge is 2.36. The molecule has 0 saturated carbocycles. The van der Waals surface area contributed by atoms with E-state index in [2.05, 4.69) is 6.58 Å². The lowest BCUT2D eigenvalue weighted by Gasteiger charge is -2.23. The number of rotatable bonds is 5. The summed E-state index contributed by atoms with van der Waals surface area (Å²) in [5, 5.41) is 0. The minimum absolute atomic E-state index is 0.148. The Morgan fingerprint density at radius 3 is 2.25 bits per heavy atom. The first-order valence-electron chi connectivity index (χ1n) is 6.73. The van der Waals surface area contributed by atoms with Crippen molar-refractivity contribution >= 4 is 15.7 Å². The van der Waals surface area contributed by atoms with Crippen LogP contribution in [0.4, 0.5) is 23.2 Å². The van der Waals surface area contributed by atoms with Crippen LogP contribution in [0.5, 0.6) is 0 Å². The molecule has 3 nitrogen and oxygen atoms in total. The standard InChI is InChI=1S/C16H13F4NO2S/c1-2-10-21(12-6-4-3-5-7-12)24(22,23)13-8-9-15(17)14(11-13)16(18,19)20/h2-9,11H,1,10H2. The molecule has 0 spiro atoms. The maximum absolute atomic E-state index is 13.4. The van der Waals surface area contributed by atoms with Gasteiger partial charge >= 0.3 is 6.18 Å². The van der Waals surface area contributed by atoms with Crippen LogP contribution in [0.25, 0.3) is 0 Å². The average Bonchev–Trinajstić information content (AvgIpc) is 2.52. The number of sulfonamides is 1. The summed E-state index contributed by atoms with van der Waals surface area (Å²) in [5.74, 6) is -1.53. The zero-order valence-electron chi connectivity index (χ0n) is 12.3. The first-order chi connectivity index (χ1) is 11.2. The summed E-state index contributed by atoms with van der Waals surface area (Å²) >= 11 is 0. The van der Waals surface area contributed by atoms with E-state index in [-0.39, 0.29) is 12.2 Å². The minimum atomic E-state index is -4.99. The second-order valence-electron chi connectivity index (χ2n) is 4.80. The van der Waals surface area contributed by atoms with Crippen LogP contribution >= 0.6 is 0 Å². The van der Waals surface area contributed by atoms with Crippen molar-refractivity contribution < 1.29 is 26.0 Å². The van der Waals surface area contributed by atoms with Crippen molar-refractivity contribution in [2.45, 2.75) is 11.1 Å². The zero-order chi connectivity index (χ0) is 18.0. The normalized spacial score (nSPS) is 12.0. The van der Waals surface area contributed by atoms with Gasteiger partial charge in [-0.1, -0.05) is 24.3 Å². The molecule has 0 aliphatic rings. The van der Waals surface area contributed by atoms with Gasteiger partial charge in [-0.3, -0.25) is 4.31 Å². The Balaban J connectivity index is 2.58. The molecule has 8 heteroatoms. The van der Waals surface area contributed by atoms with Crippen LogP contribution in [-0.2, 0) is 16.2 Å². The SMILES string of the molecule is C=CCN(c1ccccc1)S(=O)(=O)c1ccc(F)c(C(F)(F)F)c1. The van der Waals surface area contributed by atoms with E-state index in [9.17, 15) is 26.0 Å². The van der Waals surface area contributed by atoms with E-state index in [0.29, 0.717) is 12.1 Å². The minimum Gasteiger partial charge on any atom is -0.263 e. The molecule has 0 bridgehead atoms.